The van der Waals surface area contributed by atoms with Crippen LogP contribution in [0.1, 0.15) is 0 Å². The first kappa shape index (κ1) is 12.9. The van der Waals surface area contributed by atoms with E-state index in [1.807, 2.05) is 12.1 Å². The third-order valence-electron chi connectivity index (χ3n) is 3.19. The molecule has 102 valence electrons. The van der Waals surface area contributed by atoms with Gasteiger partial charge in [0.15, 0.2) is 0 Å². The van der Waals surface area contributed by atoms with E-state index < -0.39 is 10.0 Å². The van der Waals surface area contributed by atoms with Crippen molar-refractivity contribution in [3.8, 4) is 11.1 Å². The van der Waals surface area contributed by atoms with Crippen LogP contribution in [0.15, 0.2) is 54.7 Å². The lowest BCUT2D eigenvalue weighted by atomic mass is 10.1. The molecule has 5 heteroatoms. The lowest BCUT2D eigenvalue weighted by Gasteiger charge is -2.00. The molecule has 1 aromatic heterocycles. The summed E-state index contributed by atoms with van der Waals surface area (Å²) in [7, 11) is -3.38. The van der Waals surface area contributed by atoms with Crippen molar-refractivity contribution in [3.05, 3.63) is 60.5 Å². The Morgan fingerprint density at radius 3 is 2.30 bits per heavy atom. The Balaban J connectivity index is 2.35. The van der Waals surface area contributed by atoms with Crippen molar-refractivity contribution in [2.75, 3.05) is 6.26 Å². The van der Waals surface area contributed by atoms with Crippen molar-refractivity contribution in [1.29, 1.82) is 0 Å². The molecule has 1 heterocycles. The van der Waals surface area contributed by atoms with Gasteiger partial charge in [0.2, 0.25) is 10.0 Å². The van der Waals surface area contributed by atoms with Gasteiger partial charge in [-0.1, -0.05) is 30.3 Å². The highest BCUT2D eigenvalue weighted by molar-refractivity contribution is 7.89. The minimum atomic E-state index is -3.38. The van der Waals surface area contributed by atoms with Gasteiger partial charge in [-0.3, -0.25) is 0 Å². The average molecular weight is 289 g/mol. The van der Waals surface area contributed by atoms with Crippen LogP contribution in [0, 0.1) is 5.82 Å². The summed E-state index contributed by atoms with van der Waals surface area (Å²) in [6.07, 6.45) is 2.74. The summed E-state index contributed by atoms with van der Waals surface area (Å²) >= 11 is 0. The summed E-state index contributed by atoms with van der Waals surface area (Å²) in [6.45, 7) is 0. The fraction of sp³-hybridized carbons (Fsp3) is 0.0667. The topological polar surface area (TPSA) is 39.1 Å². The highest BCUT2D eigenvalue weighted by atomic mass is 32.2. The summed E-state index contributed by atoms with van der Waals surface area (Å²) in [5.41, 5.74) is 2.17. The molecule has 0 bridgehead atoms. The van der Waals surface area contributed by atoms with Crippen LogP contribution in [0.2, 0.25) is 0 Å². The third kappa shape index (κ3) is 2.10. The van der Waals surface area contributed by atoms with Crippen molar-refractivity contribution >= 4 is 20.9 Å². The second-order valence-electron chi connectivity index (χ2n) is 4.63. The van der Waals surface area contributed by atoms with Crippen molar-refractivity contribution in [3.63, 3.8) is 0 Å². The predicted molar refractivity (Wildman–Crippen MR) is 77.6 cm³/mol. The zero-order valence-corrected chi connectivity index (χ0v) is 11.6. The van der Waals surface area contributed by atoms with Gasteiger partial charge in [-0.15, -0.1) is 0 Å². The SMILES string of the molecule is CS(=O)(=O)n1cc(-c2ccc(F)cc2)c2ccccc21. The summed E-state index contributed by atoms with van der Waals surface area (Å²) in [5, 5.41) is 0.824. The number of hydrogen-bond acceptors (Lipinski definition) is 2. The van der Waals surface area contributed by atoms with E-state index in [9.17, 15) is 12.8 Å². The molecule has 0 N–H and O–H groups in total. The van der Waals surface area contributed by atoms with E-state index in [2.05, 4.69) is 0 Å². The minimum Gasteiger partial charge on any atom is -0.245 e. The summed E-state index contributed by atoms with van der Waals surface area (Å²) in [5.74, 6) is -0.319. The van der Waals surface area contributed by atoms with Crippen LogP contribution < -0.4 is 0 Å². The Kier molecular flexibility index (Phi) is 2.87. The zero-order valence-electron chi connectivity index (χ0n) is 10.7. The Bertz CT molecular complexity index is 880. The number of para-hydroxylation sites is 1. The summed E-state index contributed by atoms with van der Waals surface area (Å²) < 4.78 is 38.0. The van der Waals surface area contributed by atoms with Gasteiger partial charge in [0.05, 0.1) is 11.8 Å². The number of nitrogens with zero attached hydrogens (tertiary/aromatic N) is 1. The highest BCUT2D eigenvalue weighted by Crippen LogP contribution is 2.31. The Morgan fingerprint density at radius 1 is 1.00 bits per heavy atom. The first-order valence-corrected chi connectivity index (χ1v) is 7.88. The number of fused-ring (bicyclic) bond motifs is 1. The standard InChI is InChI=1S/C15H12FNO2S/c1-20(18,19)17-10-14(11-6-8-12(16)9-7-11)13-4-2-3-5-15(13)17/h2-10H,1H3. The molecule has 3 rings (SSSR count). The zero-order chi connectivity index (χ0) is 14.3. The van der Waals surface area contributed by atoms with Gasteiger partial charge in [-0.2, -0.15) is 0 Å². The second-order valence-corrected chi connectivity index (χ2v) is 6.49. The van der Waals surface area contributed by atoms with Gasteiger partial charge >= 0.3 is 0 Å². The molecule has 0 amide bonds. The Morgan fingerprint density at radius 2 is 1.65 bits per heavy atom. The van der Waals surface area contributed by atoms with Gasteiger partial charge in [0, 0.05) is 17.1 Å². The minimum absolute atomic E-state index is 0.319. The van der Waals surface area contributed by atoms with E-state index in [1.165, 1.54) is 16.1 Å². The largest absolute Gasteiger partial charge is 0.245 e. The maximum absolute atomic E-state index is 13.0. The first-order chi connectivity index (χ1) is 9.47. The number of hydrogen-bond donors (Lipinski definition) is 0. The van der Waals surface area contributed by atoms with Crippen LogP contribution in [0.3, 0.4) is 0 Å². The van der Waals surface area contributed by atoms with Crippen LogP contribution in [0.5, 0.6) is 0 Å². The van der Waals surface area contributed by atoms with Crippen molar-refractivity contribution in [1.82, 2.24) is 3.97 Å². The Labute approximate surface area is 116 Å². The molecule has 0 saturated carbocycles. The lowest BCUT2D eigenvalue weighted by Crippen LogP contribution is -2.07. The van der Waals surface area contributed by atoms with Crippen LogP contribution in [-0.4, -0.2) is 18.6 Å². The number of aromatic nitrogens is 1. The number of rotatable bonds is 2. The highest BCUT2D eigenvalue weighted by Gasteiger charge is 2.15. The van der Waals surface area contributed by atoms with Gasteiger partial charge in [0.25, 0.3) is 0 Å². The van der Waals surface area contributed by atoms with Crippen LogP contribution in [0.4, 0.5) is 4.39 Å². The predicted octanol–water partition coefficient (Wildman–Crippen LogP) is 3.26. The molecule has 0 spiro atoms. The monoisotopic (exact) mass is 289 g/mol. The molecule has 0 atom stereocenters. The Hall–Kier alpha value is -2.14. The molecule has 0 saturated heterocycles. The molecule has 0 aliphatic heterocycles. The van der Waals surface area contributed by atoms with E-state index in [4.69, 9.17) is 0 Å². The van der Waals surface area contributed by atoms with Crippen LogP contribution >= 0.6 is 0 Å². The average Bonchev–Trinajstić information content (AvgIpc) is 2.79. The summed E-state index contributed by atoms with van der Waals surface area (Å²) in [4.78, 5) is 0. The normalized spacial score (nSPS) is 11.9. The molecule has 20 heavy (non-hydrogen) atoms. The third-order valence-corrected chi connectivity index (χ3v) is 4.21. The summed E-state index contributed by atoms with van der Waals surface area (Å²) in [6, 6.07) is 13.3. The van der Waals surface area contributed by atoms with Crippen molar-refractivity contribution in [2.45, 2.75) is 0 Å². The van der Waals surface area contributed by atoms with Gasteiger partial charge in [-0.05, 0) is 23.8 Å². The second kappa shape index (κ2) is 4.45. The molecule has 3 nitrogen and oxygen atoms in total. The van der Waals surface area contributed by atoms with E-state index in [-0.39, 0.29) is 5.82 Å². The molecule has 0 aliphatic carbocycles. The quantitative estimate of drug-likeness (QED) is 0.726. The molecule has 0 unspecified atom stereocenters. The van der Waals surface area contributed by atoms with Gasteiger partial charge < -0.3 is 0 Å². The molecular weight excluding hydrogens is 277 g/mol. The number of halogens is 1. The maximum atomic E-state index is 13.0. The lowest BCUT2D eigenvalue weighted by molar-refractivity contribution is 0.595. The first-order valence-electron chi connectivity index (χ1n) is 6.03. The van der Waals surface area contributed by atoms with E-state index in [0.717, 1.165) is 22.8 Å². The van der Waals surface area contributed by atoms with E-state index in [1.54, 1.807) is 30.5 Å². The van der Waals surface area contributed by atoms with Gasteiger partial charge in [0.1, 0.15) is 5.82 Å². The molecule has 0 fully saturated rings. The van der Waals surface area contributed by atoms with Gasteiger partial charge in [-0.25, -0.2) is 16.8 Å². The fourth-order valence-corrected chi connectivity index (χ4v) is 3.10. The molecule has 0 radical (unpaired) electrons. The van der Waals surface area contributed by atoms with E-state index in [0.29, 0.717) is 5.52 Å². The van der Waals surface area contributed by atoms with Crippen LogP contribution in [0.25, 0.3) is 22.0 Å². The molecule has 3 aromatic rings. The van der Waals surface area contributed by atoms with E-state index >= 15 is 0 Å². The molecule has 2 aromatic carbocycles. The fourth-order valence-electron chi connectivity index (χ4n) is 2.28. The van der Waals surface area contributed by atoms with Crippen LogP contribution in [-0.2, 0) is 10.0 Å². The molecule has 0 aliphatic rings. The number of benzene rings is 2. The van der Waals surface area contributed by atoms with Crippen molar-refractivity contribution in [2.24, 2.45) is 0 Å². The van der Waals surface area contributed by atoms with Crippen molar-refractivity contribution < 1.29 is 12.8 Å². The molecular formula is C15H12FNO2S. The maximum Gasteiger partial charge on any atom is 0.236 e. The smallest absolute Gasteiger partial charge is 0.236 e.